The van der Waals surface area contributed by atoms with Crippen molar-refractivity contribution in [1.82, 2.24) is 25.7 Å². The van der Waals surface area contributed by atoms with Crippen molar-refractivity contribution in [2.24, 2.45) is 0 Å². The predicted octanol–water partition coefficient (Wildman–Crippen LogP) is 0.0430. The molecule has 0 bridgehead atoms. The van der Waals surface area contributed by atoms with E-state index in [4.69, 9.17) is 4.74 Å². The highest BCUT2D eigenvalue weighted by Gasteiger charge is 1.92. The van der Waals surface area contributed by atoms with Crippen LogP contribution in [0.1, 0.15) is 0 Å². The first-order valence-corrected chi connectivity index (χ1v) is 4.40. The highest BCUT2D eigenvalue weighted by Crippen LogP contribution is 1.75. The number of aromatic nitrogens is 4. The van der Waals surface area contributed by atoms with E-state index in [1.807, 2.05) is 0 Å². The summed E-state index contributed by atoms with van der Waals surface area (Å²) >= 11 is 0. The summed E-state index contributed by atoms with van der Waals surface area (Å²) in [6.45, 7) is 2.67. The summed E-state index contributed by atoms with van der Waals surface area (Å²) in [6, 6.07) is 0. The maximum Gasteiger partial charge on any atom is 0.180 e. The second kappa shape index (κ2) is 8.85. The number of H-pyrrole nitrogens is 1. The lowest BCUT2D eigenvalue weighted by molar-refractivity contribution is 0.194. The zero-order valence-corrected chi connectivity index (χ0v) is 8.17. The van der Waals surface area contributed by atoms with Crippen LogP contribution in [-0.2, 0) is 4.74 Å². The van der Waals surface area contributed by atoms with E-state index in [2.05, 4.69) is 30.1 Å². The molecular formula is C8H13N5O2. The molecular weight excluding hydrogens is 198 g/mol. The van der Waals surface area contributed by atoms with Crippen LogP contribution in [0.2, 0.25) is 0 Å². The molecule has 3 rings (SSSR count). The number of ether oxygens (including phenoxy) is 1. The number of hydrogen-bond donors (Lipinski definition) is 2. The van der Waals surface area contributed by atoms with E-state index >= 15 is 0 Å². The summed E-state index contributed by atoms with van der Waals surface area (Å²) in [5, 5.41) is 12.3. The Morgan fingerprint density at radius 2 is 2.00 bits per heavy atom. The Labute approximate surface area is 86.9 Å². The molecule has 3 heterocycles. The van der Waals surface area contributed by atoms with Crippen LogP contribution in [0.5, 0.6) is 0 Å². The van der Waals surface area contributed by atoms with Crippen molar-refractivity contribution < 1.29 is 9.15 Å². The lowest BCUT2D eigenvalue weighted by Crippen LogP contribution is -2.05. The van der Waals surface area contributed by atoms with E-state index in [9.17, 15) is 0 Å². The van der Waals surface area contributed by atoms with Gasteiger partial charge in [-0.25, -0.2) is 4.98 Å². The number of hydrogen-bond acceptors (Lipinski definition) is 6. The number of oxazole rings is 1. The SMILES string of the molecule is C1COCN1.c1cn[nH]n1.c1cocn1. The predicted molar refractivity (Wildman–Crippen MR) is 51.7 cm³/mol. The van der Waals surface area contributed by atoms with Gasteiger partial charge in [0.1, 0.15) is 6.26 Å². The van der Waals surface area contributed by atoms with Gasteiger partial charge in [-0.3, -0.25) is 5.32 Å². The molecule has 1 fully saturated rings. The minimum atomic E-state index is 0.750. The van der Waals surface area contributed by atoms with Gasteiger partial charge < -0.3 is 9.15 Å². The van der Waals surface area contributed by atoms with Gasteiger partial charge in [-0.05, 0) is 0 Å². The Morgan fingerprint density at radius 3 is 2.20 bits per heavy atom. The van der Waals surface area contributed by atoms with Gasteiger partial charge in [0.25, 0.3) is 0 Å². The third-order valence-corrected chi connectivity index (χ3v) is 1.31. The van der Waals surface area contributed by atoms with Crippen molar-refractivity contribution in [3.63, 3.8) is 0 Å². The summed E-state index contributed by atoms with van der Waals surface area (Å²) in [5.41, 5.74) is 0. The monoisotopic (exact) mass is 211 g/mol. The molecule has 0 radical (unpaired) electrons. The first kappa shape index (κ1) is 11.3. The first-order valence-electron chi connectivity index (χ1n) is 4.40. The maximum atomic E-state index is 4.83. The quantitative estimate of drug-likeness (QED) is 0.639. The van der Waals surface area contributed by atoms with Gasteiger partial charge in [0.15, 0.2) is 6.39 Å². The Bertz CT molecular complexity index is 212. The molecule has 1 saturated heterocycles. The average molecular weight is 211 g/mol. The molecule has 2 aromatic rings. The van der Waals surface area contributed by atoms with E-state index in [-0.39, 0.29) is 0 Å². The minimum Gasteiger partial charge on any atom is -0.452 e. The molecule has 15 heavy (non-hydrogen) atoms. The lowest BCUT2D eigenvalue weighted by atomic mass is 10.7. The molecule has 0 aromatic carbocycles. The van der Waals surface area contributed by atoms with Gasteiger partial charge in [-0.15, -0.1) is 0 Å². The Kier molecular flexibility index (Phi) is 6.69. The van der Waals surface area contributed by atoms with Crippen LogP contribution in [0.3, 0.4) is 0 Å². The molecule has 0 aliphatic carbocycles. The molecule has 0 spiro atoms. The van der Waals surface area contributed by atoms with Crippen LogP contribution in [0.15, 0.2) is 35.7 Å². The molecule has 7 nitrogen and oxygen atoms in total. The van der Waals surface area contributed by atoms with Gasteiger partial charge in [0, 0.05) is 6.54 Å². The van der Waals surface area contributed by atoms with Crippen molar-refractivity contribution in [3.05, 3.63) is 31.2 Å². The summed E-state index contributed by atoms with van der Waals surface area (Å²) < 4.78 is 9.31. The fourth-order valence-corrected chi connectivity index (χ4v) is 0.703. The number of rotatable bonds is 0. The molecule has 0 saturated carbocycles. The summed E-state index contributed by atoms with van der Waals surface area (Å²) in [6.07, 6.45) is 7.64. The van der Waals surface area contributed by atoms with Gasteiger partial charge >= 0.3 is 0 Å². The fourth-order valence-electron chi connectivity index (χ4n) is 0.703. The standard InChI is InChI=1S/C3H7NO.C3H3NO.C2H3N3/c2*1-2-5-3-4-1;1-2-4-5-3-1/h4H,1-3H2;1-3H;1-2H,(H,3,4,5). The zero-order chi connectivity index (χ0) is 10.6. The molecule has 2 aromatic heterocycles. The van der Waals surface area contributed by atoms with Crippen LogP contribution >= 0.6 is 0 Å². The van der Waals surface area contributed by atoms with Crippen molar-refractivity contribution in [1.29, 1.82) is 0 Å². The van der Waals surface area contributed by atoms with Gasteiger partial charge in [0.05, 0.1) is 31.9 Å². The molecule has 0 amide bonds. The van der Waals surface area contributed by atoms with E-state index in [1.165, 1.54) is 12.7 Å². The van der Waals surface area contributed by atoms with Crippen LogP contribution in [0.4, 0.5) is 0 Å². The summed E-state index contributed by atoms with van der Waals surface area (Å²) in [7, 11) is 0. The zero-order valence-electron chi connectivity index (χ0n) is 8.17. The minimum absolute atomic E-state index is 0.750. The summed E-state index contributed by atoms with van der Waals surface area (Å²) in [4.78, 5) is 3.56. The highest BCUT2D eigenvalue weighted by atomic mass is 16.5. The molecule has 82 valence electrons. The van der Waals surface area contributed by atoms with Crippen LogP contribution in [-0.4, -0.2) is 40.3 Å². The van der Waals surface area contributed by atoms with Crippen LogP contribution in [0, 0.1) is 0 Å². The van der Waals surface area contributed by atoms with Gasteiger partial charge in [-0.1, -0.05) is 0 Å². The van der Waals surface area contributed by atoms with Crippen molar-refractivity contribution in [2.45, 2.75) is 0 Å². The van der Waals surface area contributed by atoms with Gasteiger partial charge in [0.2, 0.25) is 0 Å². The molecule has 7 heteroatoms. The van der Waals surface area contributed by atoms with Gasteiger partial charge in [-0.2, -0.15) is 15.4 Å². The fraction of sp³-hybridized carbons (Fsp3) is 0.375. The summed E-state index contributed by atoms with van der Waals surface area (Å²) in [5.74, 6) is 0. The lowest BCUT2D eigenvalue weighted by Gasteiger charge is -1.76. The molecule has 0 atom stereocenters. The third-order valence-electron chi connectivity index (χ3n) is 1.31. The molecule has 2 N–H and O–H groups in total. The first-order chi connectivity index (χ1) is 7.50. The normalized spacial score (nSPS) is 13.3. The van der Waals surface area contributed by atoms with E-state index in [0.29, 0.717) is 0 Å². The number of aromatic amines is 1. The number of nitrogens with zero attached hydrogens (tertiary/aromatic N) is 3. The van der Waals surface area contributed by atoms with Crippen molar-refractivity contribution in [3.8, 4) is 0 Å². The Hall–Kier alpha value is -1.73. The second-order valence-electron chi connectivity index (χ2n) is 2.38. The van der Waals surface area contributed by atoms with Crippen molar-refractivity contribution in [2.75, 3.05) is 19.9 Å². The number of nitrogens with one attached hydrogen (secondary N) is 2. The van der Waals surface area contributed by atoms with Crippen molar-refractivity contribution >= 4 is 0 Å². The molecule has 0 unspecified atom stereocenters. The molecule has 1 aliphatic heterocycles. The Balaban J connectivity index is 0.000000112. The average Bonchev–Trinajstić information content (AvgIpc) is 3.09. The van der Waals surface area contributed by atoms with E-state index < -0.39 is 0 Å². The third kappa shape index (κ3) is 7.35. The van der Waals surface area contributed by atoms with E-state index in [1.54, 1.807) is 18.6 Å². The second-order valence-corrected chi connectivity index (χ2v) is 2.38. The van der Waals surface area contributed by atoms with Crippen LogP contribution in [0.25, 0.3) is 0 Å². The van der Waals surface area contributed by atoms with Crippen LogP contribution < -0.4 is 5.32 Å². The largest absolute Gasteiger partial charge is 0.452 e. The molecule has 1 aliphatic rings. The maximum absolute atomic E-state index is 4.83. The Morgan fingerprint density at radius 1 is 1.13 bits per heavy atom. The highest BCUT2D eigenvalue weighted by molar-refractivity contribution is 4.56. The topological polar surface area (TPSA) is 88.9 Å². The smallest absolute Gasteiger partial charge is 0.180 e. The van der Waals surface area contributed by atoms with E-state index in [0.717, 1.165) is 19.9 Å².